The molecular formula is C10H19N5O. The largest absolute Gasteiger partial charge is 0.291 e. The summed E-state index contributed by atoms with van der Waals surface area (Å²) >= 11 is 0. The Morgan fingerprint density at radius 1 is 1.19 bits per heavy atom. The normalized spacial score (nSPS) is 12.6. The molecule has 1 amide bonds. The molecular weight excluding hydrogens is 206 g/mol. The topological polar surface area (TPSA) is 72.7 Å². The van der Waals surface area contributed by atoms with Gasteiger partial charge < -0.3 is 0 Å². The van der Waals surface area contributed by atoms with Crippen molar-refractivity contribution in [3.8, 4) is 0 Å². The third-order valence-corrected chi connectivity index (χ3v) is 1.92. The number of amides is 1. The second kappa shape index (κ2) is 3.84. The smallest absolute Gasteiger partial charge is 0.270 e. The van der Waals surface area contributed by atoms with E-state index in [2.05, 4.69) is 20.7 Å². The first-order valence-corrected chi connectivity index (χ1v) is 5.22. The van der Waals surface area contributed by atoms with Gasteiger partial charge in [-0.2, -0.15) is 4.80 Å². The molecule has 0 bridgehead atoms. The Labute approximate surface area is 95.4 Å². The Kier molecular flexibility index (Phi) is 3.03. The van der Waals surface area contributed by atoms with E-state index in [9.17, 15) is 4.79 Å². The predicted molar refractivity (Wildman–Crippen MR) is 60.9 cm³/mol. The summed E-state index contributed by atoms with van der Waals surface area (Å²) in [6.45, 7) is 11.4. The quantitative estimate of drug-likeness (QED) is 0.784. The molecule has 1 aromatic rings. The van der Waals surface area contributed by atoms with E-state index in [1.54, 1.807) is 0 Å². The highest BCUT2D eigenvalue weighted by Crippen LogP contribution is 2.16. The molecule has 0 aliphatic heterocycles. The molecule has 0 atom stereocenters. The third-order valence-electron chi connectivity index (χ3n) is 1.92. The second-order valence-electron chi connectivity index (χ2n) is 5.78. The number of tetrazole rings is 1. The molecule has 6 heteroatoms. The number of carbonyl (C=O) groups excluding carboxylic acids is 1. The number of hydrogen-bond donors (Lipinski definition) is 1. The first kappa shape index (κ1) is 12.6. The highest BCUT2D eigenvalue weighted by molar-refractivity contribution is 5.92. The zero-order valence-electron chi connectivity index (χ0n) is 10.7. The van der Waals surface area contributed by atoms with Crippen LogP contribution in [0.1, 0.15) is 41.5 Å². The first-order chi connectivity index (χ1) is 7.10. The van der Waals surface area contributed by atoms with Gasteiger partial charge in [0, 0.05) is 5.41 Å². The lowest BCUT2D eigenvalue weighted by atomic mass is 9.96. The Morgan fingerprint density at radius 3 is 2.12 bits per heavy atom. The fourth-order valence-corrected chi connectivity index (χ4v) is 0.838. The van der Waals surface area contributed by atoms with Crippen molar-refractivity contribution < 1.29 is 4.79 Å². The molecule has 0 spiro atoms. The van der Waals surface area contributed by atoms with Crippen LogP contribution in [0.5, 0.6) is 0 Å². The second-order valence-corrected chi connectivity index (χ2v) is 5.78. The molecule has 1 aromatic heterocycles. The number of nitrogens with zero attached hydrogens (tertiary/aromatic N) is 4. The minimum Gasteiger partial charge on any atom is -0.291 e. The van der Waals surface area contributed by atoms with Gasteiger partial charge in [-0.1, -0.05) is 25.9 Å². The maximum Gasteiger partial charge on any atom is 0.270 e. The van der Waals surface area contributed by atoms with Crippen molar-refractivity contribution in [1.29, 1.82) is 0 Å². The molecule has 1 N–H and O–H groups in total. The standard InChI is InChI=1S/C10H19N5O/c1-9(2,3)7(16)11-8-12-14-15(13-8)10(4,5)6/h1-6H3,(H,11,13,16). The zero-order chi connectivity index (χ0) is 12.6. The van der Waals surface area contributed by atoms with Gasteiger partial charge in [-0.3, -0.25) is 10.1 Å². The van der Waals surface area contributed by atoms with Crippen LogP contribution in [-0.4, -0.2) is 26.1 Å². The van der Waals surface area contributed by atoms with Gasteiger partial charge in [0.1, 0.15) is 0 Å². The third kappa shape index (κ3) is 3.01. The molecule has 16 heavy (non-hydrogen) atoms. The van der Waals surface area contributed by atoms with Crippen LogP contribution in [0.4, 0.5) is 5.95 Å². The average molecular weight is 225 g/mol. The van der Waals surface area contributed by atoms with Gasteiger partial charge in [-0.25, -0.2) is 0 Å². The Balaban J connectivity index is 2.78. The van der Waals surface area contributed by atoms with Gasteiger partial charge in [-0.05, 0) is 26.0 Å². The lowest BCUT2D eigenvalue weighted by molar-refractivity contribution is -0.123. The molecule has 1 heterocycles. The van der Waals surface area contributed by atoms with Crippen molar-refractivity contribution in [2.24, 2.45) is 5.41 Å². The Morgan fingerprint density at radius 2 is 1.75 bits per heavy atom. The first-order valence-electron chi connectivity index (χ1n) is 5.22. The van der Waals surface area contributed by atoms with Gasteiger partial charge in [0.2, 0.25) is 5.91 Å². The molecule has 0 radical (unpaired) electrons. The minimum atomic E-state index is -0.465. The van der Waals surface area contributed by atoms with Gasteiger partial charge in [0.05, 0.1) is 5.54 Å². The number of nitrogens with one attached hydrogen (secondary N) is 1. The van der Waals surface area contributed by atoms with E-state index in [1.807, 2.05) is 41.5 Å². The molecule has 0 unspecified atom stereocenters. The molecule has 0 aliphatic rings. The Bertz CT molecular complexity index is 383. The van der Waals surface area contributed by atoms with E-state index in [-0.39, 0.29) is 17.4 Å². The van der Waals surface area contributed by atoms with Crippen LogP contribution >= 0.6 is 0 Å². The molecule has 1 rings (SSSR count). The van der Waals surface area contributed by atoms with Gasteiger partial charge in [0.25, 0.3) is 5.95 Å². The monoisotopic (exact) mass is 225 g/mol. The fourth-order valence-electron chi connectivity index (χ4n) is 0.838. The molecule has 0 aliphatic carbocycles. The Hall–Kier alpha value is -1.46. The number of rotatable bonds is 1. The summed E-state index contributed by atoms with van der Waals surface area (Å²) in [4.78, 5) is 13.1. The van der Waals surface area contributed by atoms with Crippen LogP contribution in [0.2, 0.25) is 0 Å². The summed E-state index contributed by atoms with van der Waals surface area (Å²) in [6, 6.07) is 0. The SMILES string of the molecule is CC(C)(C)C(=O)Nc1nnn(C(C)(C)C)n1. The fraction of sp³-hybridized carbons (Fsp3) is 0.800. The van der Waals surface area contributed by atoms with Crippen LogP contribution in [0.15, 0.2) is 0 Å². The summed E-state index contributed by atoms with van der Waals surface area (Å²) < 4.78 is 0. The van der Waals surface area contributed by atoms with Crippen molar-refractivity contribution in [1.82, 2.24) is 20.2 Å². The van der Waals surface area contributed by atoms with Crippen LogP contribution in [0, 0.1) is 5.41 Å². The summed E-state index contributed by atoms with van der Waals surface area (Å²) in [7, 11) is 0. The van der Waals surface area contributed by atoms with Crippen LogP contribution in [0.25, 0.3) is 0 Å². The molecule has 0 fully saturated rings. The average Bonchev–Trinajstić information content (AvgIpc) is 2.49. The zero-order valence-corrected chi connectivity index (χ0v) is 10.7. The van der Waals surface area contributed by atoms with Gasteiger partial charge >= 0.3 is 0 Å². The minimum absolute atomic E-state index is 0.124. The number of carbonyl (C=O) groups is 1. The van der Waals surface area contributed by atoms with Gasteiger partial charge in [-0.15, -0.1) is 5.10 Å². The van der Waals surface area contributed by atoms with E-state index in [1.165, 1.54) is 4.80 Å². The van der Waals surface area contributed by atoms with E-state index in [0.29, 0.717) is 0 Å². The highest BCUT2D eigenvalue weighted by atomic mass is 16.2. The van der Waals surface area contributed by atoms with Crippen molar-refractivity contribution in [2.45, 2.75) is 47.1 Å². The van der Waals surface area contributed by atoms with E-state index in [0.717, 1.165) is 0 Å². The van der Waals surface area contributed by atoms with Crippen LogP contribution < -0.4 is 5.32 Å². The van der Waals surface area contributed by atoms with Crippen molar-refractivity contribution in [3.05, 3.63) is 0 Å². The van der Waals surface area contributed by atoms with Crippen LogP contribution in [-0.2, 0) is 10.3 Å². The number of hydrogen-bond acceptors (Lipinski definition) is 4. The number of aromatic nitrogens is 4. The molecule has 6 nitrogen and oxygen atoms in total. The molecule has 90 valence electrons. The summed E-state index contributed by atoms with van der Waals surface area (Å²) in [6.07, 6.45) is 0. The van der Waals surface area contributed by atoms with Crippen molar-refractivity contribution in [2.75, 3.05) is 5.32 Å². The summed E-state index contributed by atoms with van der Waals surface area (Å²) in [5, 5.41) is 14.4. The summed E-state index contributed by atoms with van der Waals surface area (Å²) in [5.74, 6) is 0.121. The van der Waals surface area contributed by atoms with Crippen molar-refractivity contribution in [3.63, 3.8) is 0 Å². The summed E-state index contributed by atoms with van der Waals surface area (Å²) in [5.41, 5.74) is -0.703. The van der Waals surface area contributed by atoms with Gasteiger partial charge in [0.15, 0.2) is 0 Å². The lowest BCUT2D eigenvalue weighted by Crippen LogP contribution is -2.28. The van der Waals surface area contributed by atoms with E-state index < -0.39 is 5.41 Å². The van der Waals surface area contributed by atoms with E-state index >= 15 is 0 Å². The highest BCUT2D eigenvalue weighted by Gasteiger charge is 2.24. The molecule has 0 saturated carbocycles. The maximum absolute atomic E-state index is 11.7. The molecule has 0 aromatic carbocycles. The predicted octanol–water partition coefficient (Wildman–Crippen LogP) is 1.41. The lowest BCUT2D eigenvalue weighted by Gasteiger charge is -2.16. The van der Waals surface area contributed by atoms with Crippen LogP contribution in [0.3, 0.4) is 0 Å². The van der Waals surface area contributed by atoms with Crippen molar-refractivity contribution >= 4 is 11.9 Å². The number of anilines is 1. The maximum atomic E-state index is 11.7. The molecule has 0 saturated heterocycles. The van der Waals surface area contributed by atoms with E-state index in [4.69, 9.17) is 0 Å².